The summed E-state index contributed by atoms with van der Waals surface area (Å²) in [7, 11) is 1.86. The van der Waals surface area contributed by atoms with E-state index < -0.39 is 0 Å². The molecule has 2 aromatic rings. The first-order chi connectivity index (χ1) is 8.58. The third kappa shape index (κ3) is 2.79. The average molecular weight is 310 g/mol. The number of hydrogen-bond acceptors (Lipinski definition) is 3. The molecule has 0 aliphatic rings. The van der Waals surface area contributed by atoms with E-state index in [2.05, 4.69) is 20.9 Å². The Balaban J connectivity index is 2.22. The lowest BCUT2D eigenvalue weighted by atomic mass is 10.2. The highest BCUT2D eigenvalue weighted by atomic mass is 79.9. The number of benzene rings is 1. The number of nitrogens with zero attached hydrogens (tertiary/aromatic N) is 2. The lowest BCUT2D eigenvalue weighted by molar-refractivity contribution is 0.607. The molecule has 0 fully saturated rings. The van der Waals surface area contributed by atoms with Gasteiger partial charge in [0.1, 0.15) is 11.6 Å². The quantitative estimate of drug-likeness (QED) is 0.946. The number of rotatable bonds is 3. The Morgan fingerprint density at radius 2 is 2.11 bits per heavy atom. The number of pyridine rings is 1. The molecule has 0 amide bonds. The minimum Gasteiger partial charge on any atom is -0.397 e. The van der Waals surface area contributed by atoms with Gasteiger partial charge in [-0.1, -0.05) is 18.2 Å². The molecule has 0 saturated heterocycles. The van der Waals surface area contributed by atoms with Crippen molar-refractivity contribution in [3.8, 4) is 0 Å². The molecule has 1 aromatic heterocycles. The monoisotopic (exact) mass is 309 g/mol. The van der Waals surface area contributed by atoms with Crippen LogP contribution in [0.3, 0.4) is 0 Å². The van der Waals surface area contributed by atoms with Gasteiger partial charge in [0.05, 0.1) is 16.4 Å². The van der Waals surface area contributed by atoms with Gasteiger partial charge >= 0.3 is 0 Å². The van der Waals surface area contributed by atoms with Crippen molar-refractivity contribution in [1.82, 2.24) is 4.98 Å². The molecule has 94 valence electrons. The maximum absolute atomic E-state index is 13.6. The second-order valence-electron chi connectivity index (χ2n) is 4.02. The second kappa shape index (κ2) is 5.35. The smallest absolute Gasteiger partial charge is 0.143 e. The SMILES string of the molecule is CN(Cc1ccccc1F)c1ncc(N)cc1Br. The Bertz CT molecular complexity index is 560. The third-order valence-corrected chi connectivity index (χ3v) is 3.15. The maximum Gasteiger partial charge on any atom is 0.143 e. The van der Waals surface area contributed by atoms with Gasteiger partial charge in [-0.3, -0.25) is 0 Å². The van der Waals surface area contributed by atoms with Crippen LogP contribution in [0.5, 0.6) is 0 Å². The molecule has 0 radical (unpaired) electrons. The molecule has 2 rings (SSSR count). The highest BCUT2D eigenvalue weighted by Crippen LogP contribution is 2.26. The molecule has 1 heterocycles. The first-order valence-electron chi connectivity index (χ1n) is 5.43. The maximum atomic E-state index is 13.6. The van der Waals surface area contributed by atoms with Crippen LogP contribution in [-0.4, -0.2) is 12.0 Å². The fourth-order valence-electron chi connectivity index (χ4n) is 1.68. The summed E-state index contributed by atoms with van der Waals surface area (Å²) in [6, 6.07) is 8.49. The van der Waals surface area contributed by atoms with Crippen LogP contribution in [0.2, 0.25) is 0 Å². The minimum atomic E-state index is -0.212. The summed E-state index contributed by atoms with van der Waals surface area (Å²) in [6.45, 7) is 0.447. The van der Waals surface area contributed by atoms with Crippen LogP contribution in [0.15, 0.2) is 41.0 Å². The molecule has 0 saturated carbocycles. The second-order valence-corrected chi connectivity index (χ2v) is 4.88. The molecule has 0 atom stereocenters. The largest absolute Gasteiger partial charge is 0.397 e. The molecule has 5 heteroatoms. The number of aromatic nitrogens is 1. The van der Waals surface area contributed by atoms with Gasteiger partial charge < -0.3 is 10.6 Å². The van der Waals surface area contributed by atoms with Crippen LogP contribution in [0.4, 0.5) is 15.9 Å². The van der Waals surface area contributed by atoms with Crippen LogP contribution >= 0.6 is 15.9 Å². The van der Waals surface area contributed by atoms with Gasteiger partial charge in [0.2, 0.25) is 0 Å². The number of halogens is 2. The normalized spacial score (nSPS) is 10.4. The highest BCUT2D eigenvalue weighted by molar-refractivity contribution is 9.10. The Morgan fingerprint density at radius 3 is 2.78 bits per heavy atom. The van der Waals surface area contributed by atoms with E-state index >= 15 is 0 Å². The van der Waals surface area contributed by atoms with Crippen molar-refractivity contribution in [2.75, 3.05) is 17.7 Å². The Hall–Kier alpha value is -1.62. The summed E-state index contributed by atoms with van der Waals surface area (Å²) >= 11 is 3.40. The number of nitrogens with two attached hydrogens (primary N) is 1. The fraction of sp³-hybridized carbons (Fsp3) is 0.154. The zero-order valence-electron chi connectivity index (χ0n) is 9.90. The Labute approximate surface area is 114 Å². The zero-order chi connectivity index (χ0) is 13.1. The lowest BCUT2D eigenvalue weighted by Crippen LogP contribution is -2.19. The van der Waals surface area contributed by atoms with E-state index in [0.717, 1.165) is 10.3 Å². The summed E-state index contributed by atoms with van der Waals surface area (Å²) in [5.41, 5.74) is 6.85. The van der Waals surface area contributed by atoms with Crippen LogP contribution < -0.4 is 10.6 Å². The van der Waals surface area contributed by atoms with Gasteiger partial charge in [-0.2, -0.15) is 0 Å². The molecular weight excluding hydrogens is 297 g/mol. The van der Waals surface area contributed by atoms with Crippen molar-refractivity contribution in [3.63, 3.8) is 0 Å². The van der Waals surface area contributed by atoms with Crippen molar-refractivity contribution in [2.45, 2.75) is 6.54 Å². The van der Waals surface area contributed by atoms with E-state index in [0.29, 0.717) is 17.8 Å². The molecular formula is C13H13BrFN3. The summed E-state index contributed by atoms with van der Waals surface area (Å²) in [5.74, 6) is 0.517. The topological polar surface area (TPSA) is 42.2 Å². The van der Waals surface area contributed by atoms with Gasteiger partial charge in [-0.05, 0) is 28.1 Å². The predicted molar refractivity (Wildman–Crippen MR) is 74.9 cm³/mol. The molecule has 1 aromatic carbocycles. The molecule has 0 unspecified atom stereocenters. The first-order valence-corrected chi connectivity index (χ1v) is 6.23. The Kier molecular flexibility index (Phi) is 3.81. The zero-order valence-corrected chi connectivity index (χ0v) is 11.5. The summed E-state index contributed by atoms with van der Waals surface area (Å²) in [5, 5.41) is 0. The lowest BCUT2D eigenvalue weighted by Gasteiger charge is -2.20. The molecule has 2 N–H and O–H groups in total. The van der Waals surface area contributed by atoms with E-state index in [4.69, 9.17) is 5.73 Å². The van der Waals surface area contributed by atoms with Gasteiger partial charge in [0.15, 0.2) is 0 Å². The van der Waals surface area contributed by atoms with Gasteiger partial charge in [-0.15, -0.1) is 0 Å². The van der Waals surface area contributed by atoms with Crippen molar-refractivity contribution in [3.05, 3.63) is 52.4 Å². The fourth-order valence-corrected chi connectivity index (χ4v) is 2.35. The Morgan fingerprint density at radius 1 is 1.39 bits per heavy atom. The molecule has 0 spiro atoms. The minimum absolute atomic E-state index is 0.212. The van der Waals surface area contributed by atoms with Gasteiger partial charge in [0.25, 0.3) is 0 Å². The summed E-state index contributed by atoms with van der Waals surface area (Å²) < 4.78 is 14.3. The van der Waals surface area contributed by atoms with Crippen LogP contribution in [0, 0.1) is 5.82 Å². The number of anilines is 2. The van der Waals surface area contributed by atoms with Crippen LogP contribution in [0.1, 0.15) is 5.56 Å². The molecule has 0 aliphatic carbocycles. The molecule has 18 heavy (non-hydrogen) atoms. The number of nitrogen functional groups attached to an aromatic ring is 1. The van der Waals surface area contributed by atoms with Crippen molar-refractivity contribution < 1.29 is 4.39 Å². The number of hydrogen-bond donors (Lipinski definition) is 1. The van der Waals surface area contributed by atoms with Crippen molar-refractivity contribution in [2.24, 2.45) is 0 Å². The van der Waals surface area contributed by atoms with Gasteiger partial charge in [-0.25, -0.2) is 9.37 Å². The summed E-state index contributed by atoms with van der Waals surface area (Å²) in [4.78, 5) is 6.10. The first kappa shape index (κ1) is 12.8. The van der Waals surface area contributed by atoms with E-state index in [9.17, 15) is 4.39 Å². The van der Waals surface area contributed by atoms with E-state index in [1.807, 2.05) is 18.0 Å². The third-order valence-electron chi connectivity index (χ3n) is 2.57. The molecule has 0 aliphatic heterocycles. The van der Waals surface area contributed by atoms with E-state index in [1.165, 1.54) is 6.07 Å². The van der Waals surface area contributed by atoms with Crippen LogP contribution in [-0.2, 0) is 6.54 Å². The van der Waals surface area contributed by atoms with Crippen molar-refractivity contribution >= 4 is 27.4 Å². The van der Waals surface area contributed by atoms with Crippen LogP contribution in [0.25, 0.3) is 0 Å². The summed E-state index contributed by atoms with van der Waals surface area (Å²) in [6.07, 6.45) is 1.58. The van der Waals surface area contributed by atoms with E-state index in [-0.39, 0.29) is 5.82 Å². The van der Waals surface area contributed by atoms with Gasteiger partial charge in [0, 0.05) is 19.2 Å². The van der Waals surface area contributed by atoms with E-state index in [1.54, 1.807) is 24.4 Å². The standard InChI is InChI=1S/C13H13BrFN3/c1-18(8-9-4-2-3-5-12(9)15)13-11(14)6-10(16)7-17-13/h2-7H,8,16H2,1H3. The highest BCUT2D eigenvalue weighted by Gasteiger charge is 2.10. The van der Waals surface area contributed by atoms with Crippen molar-refractivity contribution in [1.29, 1.82) is 0 Å². The molecule has 3 nitrogen and oxygen atoms in total. The average Bonchev–Trinajstić information content (AvgIpc) is 2.32. The predicted octanol–water partition coefficient (Wildman–Crippen LogP) is 3.20. The molecule has 0 bridgehead atoms.